The summed E-state index contributed by atoms with van der Waals surface area (Å²) in [6.07, 6.45) is -0.225. The van der Waals surface area contributed by atoms with E-state index in [1.807, 2.05) is 6.07 Å². The fourth-order valence-corrected chi connectivity index (χ4v) is 3.95. The summed E-state index contributed by atoms with van der Waals surface area (Å²) in [4.78, 5) is 23.7. The van der Waals surface area contributed by atoms with Crippen LogP contribution in [0.5, 0.6) is 0 Å². The molecule has 2 N–H and O–H groups in total. The average molecular weight is 325 g/mol. The second kappa shape index (κ2) is 6.26. The molecule has 118 valence electrons. The van der Waals surface area contributed by atoms with Gasteiger partial charge in [0.15, 0.2) is 6.10 Å². The Morgan fingerprint density at radius 1 is 1.27 bits per heavy atom. The molecule has 2 heterocycles. The van der Waals surface area contributed by atoms with E-state index in [0.29, 0.717) is 24.2 Å². The van der Waals surface area contributed by atoms with E-state index < -0.39 is 18.2 Å². The van der Waals surface area contributed by atoms with Gasteiger partial charge < -0.3 is 15.2 Å². The number of halogens is 1. The van der Waals surface area contributed by atoms with Crippen molar-refractivity contribution in [1.29, 1.82) is 0 Å². The van der Waals surface area contributed by atoms with Gasteiger partial charge in [-0.2, -0.15) is 0 Å². The third kappa shape index (κ3) is 2.96. The first-order valence-electron chi connectivity index (χ1n) is 7.16. The van der Waals surface area contributed by atoms with Crippen molar-refractivity contribution in [3.63, 3.8) is 0 Å². The van der Waals surface area contributed by atoms with Crippen molar-refractivity contribution in [3.05, 3.63) is 29.6 Å². The zero-order chi connectivity index (χ0) is 15.7. The van der Waals surface area contributed by atoms with Crippen LogP contribution in [0.3, 0.4) is 0 Å². The number of carbonyl (C=O) groups excluding carboxylic acids is 1. The van der Waals surface area contributed by atoms with Crippen molar-refractivity contribution in [2.75, 3.05) is 5.75 Å². The van der Waals surface area contributed by atoms with Crippen molar-refractivity contribution < 1.29 is 23.8 Å². The van der Waals surface area contributed by atoms with Crippen LogP contribution in [0.1, 0.15) is 30.9 Å². The second-order valence-electron chi connectivity index (χ2n) is 5.39. The lowest BCUT2D eigenvalue weighted by Gasteiger charge is -2.27. The first-order chi connectivity index (χ1) is 10.6. The Morgan fingerprint density at radius 2 is 2.05 bits per heavy atom. The number of aliphatic carboxylic acids is 1. The predicted molar refractivity (Wildman–Crippen MR) is 78.2 cm³/mol. The molecule has 2 aliphatic heterocycles. The zero-order valence-electron chi connectivity index (χ0n) is 11.8. The SMILES string of the molecule is O=C(NC1CCSc2c(F)cccc21)[C@@H]1CC[C@H](C(=O)O)O1. The smallest absolute Gasteiger partial charge is 0.332 e. The second-order valence-corrected chi connectivity index (χ2v) is 6.49. The van der Waals surface area contributed by atoms with E-state index in [1.165, 1.54) is 17.8 Å². The fraction of sp³-hybridized carbons (Fsp3) is 0.467. The minimum atomic E-state index is -1.04. The number of ether oxygens (including phenoxy) is 1. The van der Waals surface area contributed by atoms with Gasteiger partial charge in [0.05, 0.1) is 6.04 Å². The summed E-state index contributed by atoms with van der Waals surface area (Å²) in [6.45, 7) is 0. The van der Waals surface area contributed by atoms with E-state index in [4.69, 9.17) is 9.84 Å². The molecule has 1 aromatic carbocycles. The first-order valence-corrected chi connectivity index (χ1v) is 8.14. The number of rotatable bonds is 3. The topological polar surface area (TPSA) is 75.6 Å². The molecule has 22 heavy (non-hydrogen) atoms. The number of benzene rings is 1. The van der Waals surface area contributed by atoms with Crippen LogP contribution in [-0.2, 0) is 14.3 Å². The third-order valence-electron chi connectivity index (χ3n) is 3.93. The van der Waals surface area contributed by atoms with Crippen molar-refractivity contribution in [1.82, 2.24) is 5.32 Å². The largest absolute Gasteiger partial charge is 0.479 e. The molecule has 1 unspecified atom stereocenters. The van der Waals surface area contributed by atoms with E-state index >= 15 is 0 Å². The van der Waals surface area contributed by atoms with Crippen molar-refractivity contribution in [2.24, 2.45) is 0 Å². The number of nitrogens with one attached hydrogen (secondary N) is 1. The van der Waals surface area contributed by atoms with Crippen molar-refractivity contribution >= 4 is 23.6 Å². The lowest BCUT2D eigenvalue weighted by molar-refractivity contribution is -0.151. The maximum Gasteiger partial charge on any atom is 0.332 e. The molecule has 2 aliphatic rings. The molecule has 3 atom stereocenters. The van der Waals surface area contributed by atoms with Gasteiger partial charge in [-0.15, -0.1) is 11.8 Å². The molecular weight excluding hydrogens is 309 g/mol. The normalized spacial score (nSPS) is 27.2. The van der Waals surface area contributed by atoms with Crippen LogP contribution in [0.4, 0.5) is 4.39 Å². The molecule has 1 fully saturated rings. The number of amides is 1. The molecule has 0 spiro atoms. The molecular formula is C15H16FNO4S. The van der Waals surface area contributed by atoms with Crippen LogP contribution in [0, 0.1) is 5.82 Å². The van der Waals surface area contributed by atoms with Crippen LogP contribution in [0.15, 0.2) is 23.1 Å². The number of carbonyl (C=O) groups is 2. The Hall–Kier alpha value is -1.60. The van der Waals surface area contributed by atoms with Crippen LogP contribution in [-0.4, -0.2) is 34.9 Å². The lowest BCUT2D eigenvalue weighted by Crippen LogP contribution is -2.39. The highest BCUT2D eigenvalue weighted by atomic mass is 32.2. The Balaban J connectivity index is 1.69. The zero-order valence-corrected chi connectivity index (χ0v) is 12.6. The fourth-order valence-electron chi connectivity index (χ4n) is 2.81. The number of hydrogen-bond donors (Lipinski definition) is 2. The molecule has 5 nitrogen and oxygen atoms in total. The predicted octanol–water partition coefficient (Wildman–Crippen LogP) is 2.11. The van der Waals surface area contributed by atoms with Gasteiger partial charge in [0.25, 0.3) is 0 Å². The molecule has 7 heteroatoms. The van der Waals surface area contributed by atoms with E-state index in [2.05, 4.69) is 5.32 Å². The van der Waals surface area contributed by atoms with E-state index in [9.17, 15) is 14.0 Å². The lowest BCUT2D eigenvalue weighted by atomic mass is 10.0. The van der Waals surface area contributed by atoms with Gasteiger partial charge in [0.2, 0.25) is 5.91 Å². The maximum atomic E-state index is 13.8. The molecule has 0 radical (unpaired) electrons. The Labute approximate surface area is 131 Å². The Bertz CT molecular complexity index is 609. The van der Waals surface area contributed by atoms with Gasteiger partial charge in [0.1, 0.15) is 11.9 Å². The molecule has 0 bridgehead atoms. The summed E-state index contributed by atoms with van der Waals surface area (Å²) in [6, 6.07) is 4.59. The van der Waals surface area contributed by atoms with Crippen molar-refractivity contribution in [3.8, 4) is 0 Å². The van der Waals surface area contributed by atoms with Gasteiger partial charge in [-0.25, -0.2) is 9.18 Å². The minimum absolute atomic E-state index is 0.257. The average Bonchev–Trinajstić information content (AvgIpc) is 2.98. The van der Waals surface area contributed by atoms with Crippen LogP contribution < -0.4 is 5.32 Å². The highest BCUT2D eigenvalue weighted by Gasteiger charge is 2.36. The van der Waals surface area contributed by atoms with Gasteiger partial charge >= 0.3 is 5.97 Å². The van der Waals surface area contributed by atoms with Gasteiger partial charge in [-0.3, -0.25) is 4.79 Å². The first kappa shape index (κ1) is 15.3. The number of fused-ring (bicyclic) bond motifs is 1. The standard InChI is InChI=1S/C15H16FNO4S/c16-9-3-1-2-8-10(6-7-22-13(8)9)17-14(18)11-4-5-12(21-11)15(19)20/h1-3,10-12H,4-7H2,(H,17,18)(H,19,20)/t10?,11-,12+/m0/s1. The molecule has 1 amide bonds. The van der Waals surface area contributed by atoms with Crippen LogP contribution in [0.25, 0.3) is 0 Å². The number of thioether (sulfide) groups is 1. The van der Waals surface area contributed by atoms with Gasteiger partial charge in [-0.05, 0) is 30.9 Å². The van der Waals surface area contributed by atoms with E-state index in [0.717, 1.165) is 11.3 Å². The maximum absolute atomic E-state index is 13.8. The van der Waals surface area contributed by atoms with Crippen LogP contribution >= 0.6 is 11.8 Å². The molecule has 0 saturated carbocycles. The van der Waals surface area contributed by atoms with Gasteiger partial charge in [0, 0.05) is 10.6 Å². The summed E-state index contributed by atoms with van der Waals surface area (Å²) < 4.78 is 19.0. The summed E-state index contributed by atoms with van der Waals surface area (Å²) in [5.41, 5.74) is 0.775. The molecule has 3 rings (SSSR count). The van der Waals surface area contributed by atoms with Crippen LogP contribution in [0.2, 0.25) is 0 Å². The van der Waals surface area contributed by atoms with Crippen molar-refractivity contribution in [2.45, 2.75) is 42.4 Å². The van der Waals surface area contributed by atoms with Gasteiger partial charge in [-0.1, -0.05) is 12.1 Å². The van der Waals surface area contributed by atoms with E-state index in [-0.39, 0.29) is 17.8 Å². The molecule has 1 saturated heterocycles. The Morgan fingerprint density at radius 3 is 2.77 bits per heavy atom. The molecule has 0 aliphatic carbocycles. The Kier molecular flexibility index (Phi) is 4.35. The highest BCUT2D eigenvalue weighted by molar-refractivity contribution is 7.99. The highest BCUT2D eigenvalue weighted by Crippen LogP contribution is 2.38. The minimum Gasteiger partial charge on any atom is -0.479 e. The monoisotopic (exact) mass is 325 g/mol. The summed E-state index contributed by atoms with van der Waals surface area (Å²) in [7, 11) is 0. The number of carboxylic acids is 1. The molecule has 1 aromatic rings. The summed E-state index contributed by atoms with van der Waals surface area (Å²) >= 11 is 1.45. The summed E-state index contributed by atoms with van der Waals surface area (Å²) in [5, 5.41) is 11.8. The molecule has 0 aromatic heterocycles. The number of carboxylic acid groups (broad SMARTS) is 1. The third-order valence-corrected chi connectivity index (χ3v) is 5.09. The quantitative estimate of drug-likeness (QED) is 0.890. The summed E-state index contributed by atoms with van der Waals surface area (Å²) in [5.74, 6) is -0.917. The van der Waals surface area contributed by atoms with E-state index in [1.54, 1.807) is 6.07 Å². The number of hydrogen-bond acceptors (Lipinski definition) is 4.